The van der Waals surface area contributed by atoms with E-state index in [-0.39, 0.29) is 24.3 Å². The number of methoxy groups -OCH3 is 2. The maximum Gasteiger partial charge on any atom is 0.410 e. The van der Waals surface area contributed by atoms with Crippen LogP contribution in [0.5, 0.6) is 17.2 Å². The number of amides is 1. The molecule has 6 nitrogen and oxygen atoms in total. The maximum absolute atomic E-state index is 12.4. The van der Waals surface area contributed by atoms with Crippen molar-refractivity contribution in [1.29, 1.82) is 0 Å². The van der Waals surface area contributed by atoms with Crippen LogP contribution in [0.4, 0.5) is 4.79 Å². The molecule has 0 spiro atoms. The van der Waals surface area contributed by atoms with Crippen molar-refractivity contribution in [3.05, 3.63) is 54.1 Å². The van der Waals surface area contributed by atoms with Gasteiger partial charge in [-0.05, 0) is 18.2 Å². The molecule has 2 heterocycles. The third-order valence-electron chi connectivity index (χ3n) is 4.92. The van der Waals surface area contributed by atoms with Gasteiger partial charge in [0.25, 0.3) is 0 Å². The minimum absolute atomic E-state index is 0.0671. The smallest absolute Gasteiger partial charge is 0.410 e. The predicted molar refractivity (Wildman–Crippen MR) is 94.7 cm³/mol. The third-order valence-corrected chi connectivity index (χ3v) is 4.92. The molecule has 2 aromatic carbocycles. The summed E-state index contributed by atoms with van der Waals surface area (Å²) in [6.45, 7) is 0.396. The Bertz CT molecular complexity index is 808. The molecule has 0 N–H and O–H groups in total. The summed E-state index contributed by atoms with van der Waals surface area (Å²) in [4.78, 5) is 14.1. The molecule has 0 aromatic heterocycles. The van der Waals surface area contributed by atoms with Gasteiger partial charge in [-0.25, -0.2) is 4.79 Å². The van der Waals surface area contributed by atoms with Gasteiger partial charge in [-0.2, -0.15) is 0 Å². The summed E-state index contributed by atoms with van der Waals surface area (Å²) >= 11 is 0. The molecule has 2 bridgehead atoms. The van der Waals surface area contributed by atoms with Crippen LogP contribution in [0.3, 0.4) is 0 Å². The van der Waals surface area contributed by atoms with Crippen LogP contribution < -0.4 is 14.2 Å². The fourth-order valence-corrected chi connectivity index (χ4v) is 3.66. The van der Waals surface area contributed by atoms with Crippen molar-refractivity contribution in [2.75, 3.05) is 20.8 Å². The van der Waals surface area contributed by atoms with Crippen molar-refractivity contribution < 1.29 is 23.7 Å². The Morgan fingerprint density at radius 2 is 1.92 bits per heavy atom. The lowest BCUT2D eigenvalue weighted by Crippen LogP contribution is -2.56. The van der Waals surface area contributed by atoms with Crippen LogP contribution >= 0.6 is 0 Å². The van der Waals surface area contributed by atoms with Crippen molar-refractivity contribution in [1.82, 2.24) is 4.90 Å². The summed E-state index contributed by atoms with van der Waals surface area (Å²) in [5, 5.41) is 0. The number of carbonyl (C=O) groups excluding carboxylic acids is 1. The highest BCUT2D eigenvalue weighted by atomic mass is 16.6. The van der Waals surface area contributed by atoms with Crippen molar-refractivity contribution in [3.8, 4) is 17.2 Å². The van der Waals surface area contributed by atoms with Crippen molar-refractivity contribution in [3.63, 3.8) is 0 Å². The minimum Gasteiger partial charge on any atom is -0.497 e. The van der Waals surface area contributed by atoms with Gasteiger partial charge >= 0.3 is 6.09 Å². The van der Waals surface area contributed by atoms with Crippen LogP contribution in [-0.2, 0) is 4.74 Å². The van der Waals surface area contributed by atoms with E-state index in [1.54, 1.807) is 12.0 Å². The second-order valence-corrected chi connectivity index (χ2v) is 6.40. The van der Waals surface area contributed by atoms with Gasteiger partial charge in [0.1, 0.15) is 23.4 Å². The van der Waals surface area contributed by atoms with E-state index in [0.717, 1.165) is 17.1 Å². The van der Waals surface area contributed by atoms with E-state index >= 15 is 0 Å². The number of rotatable bonds is 3. The lowest BCUT2D eigenvalue weighted by Gasteiger charge is -2.46. The zero-order chi connectivity index (χ0) is 18.1. The number of benzene rings is 2. The van der Waals surface area contributed by atoms with Crippen LogP contribution in [-0.4, -0.2) is 44.0 Å². The number of nitrogens with zero attached hydrogens (tertiary/aromatic N) is 1. The van der Waals surface area contributed by atoms with E-state index in [9.17, 15) is 4.79 Å². The van der Waals surface area contributed by atoms with Gasteiger partial charge in [0, 0.05) is 18.1 Å². The number of fused-ring (bicyclic) bond motifs is 4. The average Bonchev–Trinajstić information content (AvgIpc) is 2.69. The third kappa shape index (κ3) is 2.92. The second-order valence-electron chi connectivity index (χ2n) is 6.40. The molecular weight excluding hydrogens is 334 g/mol. The van der Waals surface area contributed by atoms with E-state index in [1.807, 2.05) is 48.5 Å². The largest absolute Gasteiger partial charge is 0.497 e. The number of carbonyl (C=O) groups is 1. The van der Waals surface area contributed by atoms with Crippen molar-refractivity contribution in [2.45, 2.75) is 24.7 Å². The average molecular weight is 355 g/mol. The number of likely N-dealkylation sites (tertiary alicyclic amines) is 1. The molecule has 2 aliphatic heterocycles. The lowest BCUT2D eigenvalue weighted by atomic mass is 9.88. The molecule has 3 atom stereocenters. The summed E-state index contributed by atoms with van der Waals surface area (Å²) in [5.74, 6) is 2.19. The molecule has 0 unspecified atom stereocenters. The molecule has 0 radical (unpaired) electrons. The first-order valence-electron chi connectivity index (χ1n) is 8.60. The number of ether oxygens (including phenoxy) is 4. The summed E-state index contributed by atoms with van der Waals surface area (Å²) in [5.41, 5.74) is 1.01. The first-order chi connectivity index (χ1) is 12.7. The molecule has 4 rings (SSSR count). The summed E-state index contributed by atoms with van der Waals surface area (Å²) < 4.78 is 22.6. The van der Waals surface area contributed by atoms with Gasteiger partial charge in [-0.3, -0.25) is 4.90 Å². The second kappa shape index (κ2) is 6.78. The number of hydrogen-bond acceptors (Lipinski definition) is 5. The van der Waals surface area contributed by atoms with Crippen LogP contribution in [0.2, 0.25) is 0 Å². The normalized spacial score (nSPS) is 23.5. The topological polar surface area (TPSA) is 57.2 Å². The lowest BCUT2D eigenvalue weighted by molar-refractivity contribution is -0.0468. The predicted octanol–water partition coefficient (Wildman–Crippen LogP) is 3.42. The quantitative estimate of drug-likeness (QED) is 0.844. The SMILES string of the molecule is COC(=O)N1C[C@H](Oc2cccc(OC)c2)[C@H]2C[C@@H]1c1ccccc1O2. The summed E-state index contributed by atoms with van der Waals surface area (Å²) in [6.07, 6.45) is -0.127. The van der Waals surface area contributed by atoms with Crippen LogP contribution in [0.1, 0.15) is 18.0 Å². The standard InChI is InChI=1S/C20H21NO5/c1-23-13-6-5-7-14(10-13)25-19-12-21(20(22)24-2)16-11-18(19)26-17-9-4-3-8-15(16)17/h3-10,16,18-19H,11-12H2,1-2H3/t16-,18-,19+/m1/s1. The highest BCUT2D eigenvalue weighted by Crippen LogP contribution is 2.43. The van der Waals surface area contributed by atoms with E-state index in [1.165, 1.54) is 7.11 Å². The van der Waals surface area contributed by atoms with Crippen LogP contribution in [0, 0.1) is 0 Å². The Hall–Kier alpha value is -2.89. The first-order valence-corrected chi connectivity index (χ1v) is 8.60. The highest BCUT2D eigenvalue weighted by molar-refractivity contribution is 5.69. The van der Waals surface area contributed by atoms with Gasteiger partial charge in [-0.15, -0.1) is 0 Å². The molecule has 26 heavy (non-hydrogen) atoms. The maximum atomic E-state index is 12.4. The number of hydrogen-bond donors (Lipinski definition) is 0. The van der Waals surface area contributed by atoms with Gasteiger partial charge < -0.3 is 18.9 Å². The summed E-state index contributed by atoms with van der Waals surface area (Å²) in [7, 11) is 3.02. The van der Waals surface area contributed by atoms with Crippen LogP contribution in [0.15, 0.2) is 48.5 Å². The molecule has 6 heteroatoms. The first kappa shape index (κ1) is 16.6. The van der Waals surface area contributed by atoms with E-state index in [4.69, 9.17) is 18.9 Å². The Morgan fingerprint density at radius 3 is 2.73 bits per heavy atom. The zero-order valence-electron chi connectivity index (χ0n) is 14.8. The van der Waals surface area contributed by atoms with Crippen molar-refractivity contribution in [2.24, 2.45) is 0 Å². The molecule has 136 valence electrons. The fourth-order valence-electron chi connectivity index (χ4n) is 3.66. The Balaban J connectivity index is 1.64. The van der Waals surface area contributed by atoms with Crippen LogP contribution in [0.25, 0.3) is 0 Å². The molecule has 2 aromatic rings. The van der Waals surface area contributed by atoms with Gasteiger partial charge in [0.15, 0.2) is 6.10 Å². The molecular formula is C20H21NO5. The molecule has 1 fully saturated rings. The molecule has 1 amide bonds. The molecule has 1 saturated heterocycles. The number of para-hydroxylation sites is 1. The minimum atomic E-state index is -0.357. The van der Waals surface area contributed by atoms with Crippen molar-refractivity contribution >= 4 is 6.09 Å². The van der Waals surface area contributed by atoms with Gasteiger partial charge in [0.2, 0.25) is 0 Å². The fraction of sp³-hybridized carbons (Fsp3) is 0.350. The van der Waals surface area contributed by atoms with Gasteiger partial charge in [0.05, 0.1) is 26.8 Å². The Kier molecular flexibility index (Phi) is 4.32. The summed E-state index contributed by atoms with van der Waals surface area (Å²) in [6, 6.07) is 15.2. The molecule has 0 aliphatic carbocycles. The Labute approximate surface area is 152 Å². The number of piperidine rings is 1. The van der Waals surface area contributed by atoms with E-state index < -0.39 is 0 Å². The monoisotopic (exact) mass is 355 g/mol. The Morgan fingerprint density at radius 1 is 1.12 bits per heavy atom. The van der Waals surface area contributed by atoms with E-state index in [2.05, 4.69) is 0 Å². The molecule has 2 aliphatic rings. The van der Waals surface area contributed by atoms with Gasteiger partial charge in [-0.1, -0.05) is 24.3 Å². The van der Waals surface area contributed by atoms with E-state index in [0.29, 0.717) is 18.7 Å². The zero-order valence-corrected chi connectivity index (χ0v) is 14.8. The highest BCUT2D eigenvalue weighted by Gasteiger charge is 2.45. The molecule has 0 saturated carbocycles.